The van der Waals surface area contributed by atoms with Crippen molar-refractivity contribution in [2.75, 3.05) is 12.4 Å². The number of benzene rings is 1. The zero-order valence-corrected chi connectivity index (χ0v) is 8.84. The standard InChI is InChI=1S/C11H8ClN3/c1-14-11-8(6-13)4-7-5-9(12)2-3-10(7)15-11/h2-5H,1H3,(H,14,15). The van der Waals surface area contributed by atoms with Crippen LogP contribution in [-0.2, 0) is 0 Å². The van der Waals surface area contributed by atoms with E-state index in [-0.39, 0.29) is 0 Å². The molecule has 3 nitrogen and oxygen atoms in total. The Kier molecular flexibility index (Phi) is 2.44. The summed E-state index contributed by atoms with van der Waals surface area (Å²) in [5.41, 5.74) is 1.34. The second-order valence-corrected chi connectivity index (χ2v) is 3.52. The molecule has 0 unspecified atom stereocenters. The summed E-state index contributed by atoms with van der Waals surface area (Å²) in [6.45, 7) is 0. The molecule has 0 atom stereocenters. The van der Waals surface area contributed by atoms with E-state index in [0.717, 1.165) is 10.9 Å². The van der Waals surface area contributed by atoms with Gasteiger partial charge in [-0.2, -0.15) is 5.26 Å². The highest BCUT2D eigenvalue weighted by Gasteiger charge is 2.04. The first-order valence-electron chi connectivity index (χ1n) is 4.43. The van der Waals surface area contributed by atoms with Crippen molar-refractivity contribution in [1.29, 1.82) is 5.26 Å². The van der Waals surface area contributed by atoms with E-state index in [0.29, 0.717) is 16.4 Å². The molecule has 2 aromatic rings. The van der Waals surface area contributed by atoms with E-state index in [9.17, 15) is 0 Å². The van der Waals surface area contributed by atoms with Crippen molar-refractivity contribution >= 4 is 28.3 Å². The number of rotatable bonds is 1. The maximum absolute atomic E-state index is 8.92. The predicted molar refractivity (Wildman–Crippen MR) is 61.0 cm³/mol. The van der Waals surface area contributed by atoms with Crippen LogP contribution in [0.5, 0.6) is 0 Å². The third-order valence-electron chi connectivity index (χ3n) is 2.13. The first kappa shape index (κ1) is 9.75. The van der Waals surface area contributed by atoms with E-state index in [1.165, 1.54) is 0 Å². The molecule has 0 aliphatic rings. The van der Waals surface area contributed by atoms with Gasteiger partial charge in [-0.05, 0) is 24.3 Å². The number of aromatic nitrogens is 1. The summed E-state index contributed by atoms with van der Waals surface area (Å²) in [4.78, 5) is 4.31. The second-order valence-electron chi connectivity index (χ2n) is 3.08. The highest BCUT2D eigenvalue weighted by molar-refractivity contribution is 6.31. The lowest BCUT2D eigenvalue weighted by Gasteiger charge is -2.04. The molecular formula is C11H8ClN3. The molecule has 0 aliphatic carbocycles. The molecule has 0 amide bonds. The number of nitriles is 1. The highest BCUT2D eigenvalue weighted by atomic mass is 35.5. The van der Waals surface area contributed by atoms with Crippen molar-refractivity contribution in [1.82, 2.24) is 4.98 Å². The molecule has 0 fully saturated rings. The minimum absolute atomic E-state index is 0.521. The van der Waals surface area contributed by atoms with Crippen molar-refractivity contribution in [2.24, 2.45) is 0 Å². The zero-order chi connectivity index (χ0) is 10.8. The lowest BCUT2D eigenvalue weighted by Crippen LogP contribution is -1.96. The van der Waals surface area contributed by atoms with Crippen molar-refractivity contribution in [3.8, 4) is 6.07 Å². The van der Waals surface area contributed by atoms with E-state index in [4.69, 9.17) is 16.9 Å². The number of fused-ring (bicyclic) bond motifs is 1. The fraction of sp³-hybridized carbons (Fsp3) is 0.0909. The van der Waals surface area contributed by atoms with Crippen molar-refractivity contribution in [2.45, 2.75) is 0 Å². The number of anilines is 1. The molecule has 0 radical (unpaired) electrons. The summed E-state index contributed by atoms with van der Waals surface area (Å²) in [7, 11) is 1.74. The van der Waals surface area contributed by atoms with Gasteiger partial charge in [-0.15, -0.1) is 0 Å². The molecule has 0 spiro atoms. The number of pyridine rings is 1. The van der Waals surface area contributed by atoms with Crippen LogP contribution < -0.4 is 5.32 Å². The van der Waals surface area contributed by atoms with Gasteiger partial charge in [0.2, 0.25) is 0 Å². The van der Waals surface area contributed by atoms with Crippen LogP contribution in [0.3, 0.4) is 0 Å². The fourth-order valence-electron chi connectivity index (χ4n) is 1.42. The Morgan fingerprint density at radius 3 is 2.87 bits per heavy atom. The van der Waals surface area contributed by atoms with Gasteiger partial charge in [0.15, 0.2) is 0 Å². The molecule has 4 heteroatoms. The molecule has 15 heavy (non-hydrogen) atoms. The average Bonchev–Trinajstić information content (AvgIpc) is 2.27. The lowest BCUT2D eigenvalue weighted by atomic mass is 10.1. The molecule has 0 bridgehead atoms. The summed E-state index contributed by atoms with van der Waals surface area (Å²) >= 11 is 5.86. The Bertz CT molecular complexity index is 557. The van der Waals surface area contributed by atoms with Crippen LogP contribution in [0.4, 0.5) is 5.82 Å². The topological polar surface area (TPSA) is 48.7 Å². The van der Waals surface area contributed by atoms with E-state index in [1.807, 2.05) is 6.07 Å². The largest absolute Gasteiger partial charge is 0.372 e. The number of halogens is 1. The normalized spacial score (nSPS) is 9.93. The van der Waals surface area contributed by atoms with Gasteiger partial charge < -0.3 is 5.32 Å². The Balaban J connectivity index is 2.77. The molecule has 1 heterocycles. The van der Waals surface area contributed by atoms with Gasteiger partial charge in [0.25, 0.3) is 0 Å². The van der Waals surface area contributed by atoms with Gasteiger partial charge in [0, 0.05) is 17.5 Å². The second kappa shape index (κ2) is 3.76. The summed E-state index contributed by atoms with van der Waals surface area (Å²) in [6, 6.07) is 9.28. The quantitative estimate of drug-likeness (QED) is 0.799. The van der Waals surface area contributed by atoms with Crippen molar-refractivity contribution < 1.29 is 0 Å². The Hall–Kier alpha value is -1.79. The number of nitrogens with zero attached hydrogens (tertiary/aromatic N) is 2. The summed E-state index contributed by atoms with van der Waals surface area (Å²) in [6.07, 6.45) is 0. The molecule has 74 valence electrons. The van der Waals surface area contributed by atoms with E-state index < -0.39 is 0 Å². The molecule has 0 saturated heterocycles. The number of hydrogen-bond donors (Lipinski definition) is 1. The van der Waals surface area contributed by atoms with E-state index in [2.05, 4.69) is 16.4 Å². The molecule has 1 N–H and O–H groups in total. The third kappa shape index (κ3) is 1.72. The average molecular weight is 218 g/mol. The van der Waals surface area contributed by atoms with Crippen LogP contribution in [0, 0.1) is 11.3 Å². The van der Waals surface area contributed by atoms with E-state index in [1.54, 1.807) is 25.2 Å². The summed E-state index contributed by atoms with van der Waals surface area (Å²) in [5, 5.41) is 13.3. The molecular weight excluding hydrogens is 210 g/mol. The maximum Gasteiger partial charge on any atom is 0.144 e. The molecule has 0 saturated carbocycles. The number of nitrogens with one attached hydrogen (secondary N) is 1. The SMILES string of the molecule is CNc1nc2ccc(Cl)cc2cc1C#N. The monoisotopic (exact) mass is 217 g/mol. The molecule has 1 aromatic heterocycles. The van der Waals surface area contributed by atoms with Crippen LogP contribution in [0.25, 0.3) is 10.9 Å². The molecule has 1 aromatic carbocycles. The summed E-state index contributed by atoms with van der Waals surface area (Å²) < 4.78 is 0. The van der Waals surface area contributed by atoms with Gasteiger partial charge in [-0.1, -0.05) is 11.6 Å². The number of hydrogen-bond acceptors (Lipinski definition) is 3. The molecule has 0 aliphatic heterocycles. The van der Waals surface area contributed by atoms with Gasteiger partial charge in [-0.3, -0.25) is 0 Å². The van der Waals surface area contributed by atoms with Crippen LogP contribution in [0.2, 0.25) is 5.02 Å². The van der Waals surface area contributed by atoms with Crippen LogP contribution in [0.1, 0.15) is 5.56 Å². The minimum Gasteiger partial charge on any atom is -0.372 e. The van der Waals surface area contributed by atoms with Gasteiger partial charge in [0.05, 0.1) is 11.1 Å². The first-order valence-corrected chi connectivity index (χ1v) is 4.80. The van der Waals surface area contributed by atoms with Crippen molar-refractivity contribution in [3.05, 3.63) is 34.9 Å². The minimum atomic E-state index is 0.521. The maximum atomic E-state index is 8.92. The smallest absolute Gasteiger partial charge is 0.144 e. The van der Waals surface area contributed by atoms with Gasteiger partial charge in [-0.25, -0.2) is 4.98 Å². The third-order valence-corrected chi connectivity index (χ3v) is 2.37. The summed E-state index contributed by atoms with van der Waals surface area (Å²) in [5.74, 6) is 0.590. The van der Waals surface area contributed by atoms with Crippen LogP contribution in [-0.4, -0.2) is 12.0 Å². The highest BCUT2D eigenvalue weighted by Crippen LogP contribution is 2.22. The Labute approximate surface area is 92.3 Å². The fourth-order valence-corrected chi connectivity index (χ4v) is 1.60. The Morgan fingerprint density at radius 2 is 2.20 bits per heavy atom. The zero-order valence-electron chi connectivity index (χ0n) is 8.08. The Morgan fingerprint density at radius 1 is 1.40 bits per heavy atom. The van der Waals surface area contributed by atoms with Crippen LogP contribution in [0.15, 0.2) is 24.3 Å². The van der Waals surface area contributed by atoms with Crippen molar-refractivity contribution in [3.63, 3.8) is 0 Å². The molecule has 2 rings (SSSR count). The van der Waals surface area contributed by atoms with Crippen LogP contribution >= 0.6 is 11.6 Å². The lowest BCUT2D eigenvalue weighted by molar-refractivity contribution is 1.32. The predicted octanol–water partition coefficient (Wildman–Crippen LogP) is 2.80. The van der Waals surface area contributed by atoms with Gasteiger partial charge >= 0.3 is 0 Å². The van der Waals surface area contributed by atoms with Gasteiger partial charge in [0.1, 0.15) is 11.9 Å². The first-order chi connectivity index (χ1) is 7.24. The van der Waals surface area contributed by atoms with E-state index >= 15 is 0 Å².